The van der Waals surface area contributed by atoms with Crippen LogP contribution in [0, 0.1) is 0 Å². The maximum Gasteiger partial charge on any atom is 0.307 e. The van der Waals surface area contributed by atoms with Crippen LogP contribution in [-0.2, 0) is 14.3 Å². The van der Waals surface area contributed by atoms with Crippen LogP contribution in [0.2, 0.25) is 0 Å². The fourth-order valence-corrected chi connectivity index (χ4v) is 4.59. The smallest absolute Gasteiger partial charge is 0.307 e. The van der Waals surface area contributed by atoms with Gasteiger partial charge in [-0.1, -0.05) is 133 Å². The molecule has 230 valence electrons. The number of aliphatic carboxylic acids is 1. The van der Waals surface area contributed by atoms with Gasteiger partial charge in [0.05, 0.1) is 6.42 Å². The molecule has 0 saturated heterocycles. The average Bonchev–Trinajstić information content (AvgIpc) is 2.93. The van der Waals surface area contributed by atoms with E-state index in [4.69, 9.17) is 4.74 Å². The highest BCUT2D eigenvalue weighted by atomic mass is 16.5. The number of esters is 1. The third kappa shape index (κ3) is 30.4. The van der Waals surface area contributed by atoms with Crippen molar-refractivity contribution in [1.82, 2.24) is 0 Å². The second-order valence-electron chi connectivity index (χ2n) is 11.0. The van der Waals surface area contributed by atoms with Crippen LogP contribution in [-0.4, -0.2) is 23.1 Å². The first-order valence-corrected chi connectivity index (χ1v) is 16.6. The van der Waals surface area contributed by atoms with E-state index >= 15 is 0 Å². The Bertz CT molecular complexity index is 689. The van der Waals surface area contributed by atoms with Crippen molar-refractivity contribution in [2.45, 2.75) is 168 Å². The van der Waals surface area contributed by atoms with Crippen molar-refractivity contribution in [2.24, 2.45) is 0 Å². The van der Waals surface area contributed by atoms with E-state index in [1.54, 1.807) is 0 Å². The summed E-state index contributed by atoms with van der Waals surface area (Å²) in [5.41, 5.74) is 0. The second-order valence-corrected chi connectivity index (χ2v) is 11.0. The number of carboxylic acid groups (broad SMARTS) is 1. The van der Waals surface area contributed by atoms with Gasteiger partial charge in [-0.25, -0.2) is 0 Å². The molecule has 0 fully saturated rings. The fourth-order valence-electron chi connectivity index (χ4n) is 4.59. The minimum absolute atomic E-state index is 0.0885. The first-order chi connectivity index (χ1) is 19.6. The molecule has 0 radical (unpaired) electrons. The molecule has 4 heteroatoms. The van der Waals surface area contributed by atoms with Gasteiger partial charge in [-0.3, -0.25) is 9.59 Å². The zero-order valence-corrected chi connectivity index (χ0v) is 26.1. The van der Waals surface area contributed by atoms with Gasteiger partial charge >= 0.3 is 11.9 Å². The van der Waals surface area contributed by atoms with E-state index in [0.717, 1.165) is 57.8 Å². The Morgan fingerprint density at radius 1 is 0.575 bits per heavy atom. The maximum atomic E-state index is 12.2. The molecule has 0 amide bonds. The Kier molecular flexibility index (Phi) is 29.8. The lowest BCUT2D eigenvalue weighted by atomic mass is 10.0. The van der Waals surface area contributed by atoms with Gasteiger partial charge in [0, 0.05) is 6.42 Å². The van der Waals surface area contributed by atoms with Crippen LogP contribution < -0.4 is 0 Å². The van der Waals surface area contributed by atoms with E-state index in [0.29, 0.717) is 12.8 Å². The number of hydrogen-bond acceptors (Lipinski definition) is 3. The molecule has 0 spiro atoms. The minimum Gasteiger partial charge on any atom is -0.481 e. The summed E-state index contributed by atoms with van der Waals surface area (Å²) in [6.45, 7) is 4.47. The van der Waals surface area contributed by atoms with Crippen LogP contribution in [0.5, 0.6) is 0 Å². The summed E-state index contributed by atoms with van der Waals surface area (Å²) >= 11 is 0. The summed E-state index contributed by atoms with van der Waals surface area (Å²) in [6, 6.07) is 0. The monoisotopic (exact) mass is 558 g/mol. The quantitative estimate of drug-likeness (QED) is 0.0563. The molecule has 0 aromatic carbocycles. The molecule has 0 aliphatic carbocycles. The SMILES string of the molecule is CCCCC/C=C\C/C=C\C/C=C\C/C=C\CCCCCC(=O)OC(CCCCCCCCCCC)CC(=O)O. The van der Waals surface area contributed by atoms with E-state index in [-0.39, 0.29) is 12.4 Å². The Morgan fingerprint density at radius 3 is 1.52 bits per heavy atom. The summed E-state index contributed by atoms with van der Waals surface area (Å²) in [5, 5.41) is 9.18. The first kappa shape index (κ1) is 37.9. The Balaban J connectivity index is 3.78. The van der Waals surface area contributed by atoms with Crippen molar-refractivity contribution < 1.29 is 19.4 Å². The summed E-state index contributed by atoms with van der Waals surface area (Å²) < 4.78 is 5.52. The third-order valence-corrected chi connectivity index (χ3v) is 7.04. The van der Waals surface area contributed by atoms with Crippen molar-refractivity contribution in [1.29, 1.82) is 0 Å². The second kappa shape index (κ2) is 31.4. The molecule has 0 aromatic rings. The lowest BCUT2D eigenvalue weighted by Gasteiger charge is -2.16. The highest BCUT2D eigenvalue weighted by molar-refractivity contribution is 5.71. The molecule has 1 atom stereocenters. The van der Waals surface area contributed by atoms with Gasteiger partial charge < -0.3 is 9.84 Å². The summed E-state index contributed by atoms with van der Waals surface area (Å²) in [5.74, 6) is -1.15. The number of carboxylic acids is 1. The van der Waals surface area contributed by atoms with Gasteiger partial charge in [0.15, 0.2) is 0 Å². The van der Waals surface area contributed by atoms with E-state index in [2.05, 4.69) is 62.5 Å². The van der Waals surface area contributed by atoms with E-state index in [1.807, 2.05) is 0 Å². The number of hydrogen-bond donors (Lipinski definition) is 1. The normalized spacial score (nSPS) is 12.8. The number of allylic oxidation sites excluding steroid dienone is 8. The van der Waals surface area contributed by atoms with Crippen LogP contribution in [0.1, 0.15) is 162 Å². The topological polar surface area (TPSA) is 63.6 Å². The first-order valence-electron chi connectivity index (χ1n) is 16.6. The molecular weight excluding hydrogens is 496 g/mol. The van der Waals surface area contributed by atoms with Crippen LogP contribution in [0.25, 0.3) is 0 Å². The lowest BCUT2D eigenvalue weighted by Crippen LogP contribution is -2.21. The van der Waals surface area contributed by atoms with Gasteiger partial charge in [-0.15, -0.1) is 0 Å². The largest absolute Gasteiger partial charge is 0.481 e. The summed E-state index contributed by atoms with van der Waals surface area (Å²) in [6.07, 6.45) is 41.2. The molecule has 4 nitrogen and oxygen atoms in total. The molecule has 40 heavy (non-hydrogen) atoms. The molecule has 0 aliphatic rings. The van der Waals surface area contributed by atoms with Crippen molar-refractivity contribution >= 4 is 11.9 Å². The van der Waals surface area contributed by atoms with E-state index in [1.165, 1.54) is 70.6 Å². The molecule has 0 heterocycles. The standard InChI is InChI=1S/C36H62O4/c1-3-5-7-9-11-13-14-15-16-17-18-19-20-21-22-24-26-28-30-32-36(39)40-34(33-35(37)38)31-29-27-25-23-12-10-8-6-4-2/h11,13,15-16,18-19,21-22,34H,3-10,12,14,17,20,23-33H2,1-2H3,(H,37,38)/b13-11-,16-15-,19-18-,22-21-. The van der Waals surface area contributed by atoms with Crippen LogP contribution in [0.3, 0.4) is 0 Å². The highest BCUT2D eigenvalue weighted by Gasteiger charge is 2.17. The van der Waals surface area contributed by atoms with Crippen molar-refractivity contribution in [3.05, 3.63) is 48.6 Å². The fraction of sp³-hybridized carbons (Fsp3) is 0.722. The highest BCUT2D eigenvalue weighted by Crippen LogP contribution is 2.15. The third-order valence-electron chi connectivity index (χ3n) is 7.04. The summed E-state index contributed by atoms with van der Waals surface area (Å²) in [7, 11) is 0. The molecule has 0 aromatic heterocycles. The van der Waals surface area contributed by atoms with Gasteiger partial charge in [-0.2, -0.15) is 0 Å². The average molecular weight is 559 g/mol. The molecule has 0 bridgehead atoms. The van der Waals surface area contributed by atoms with Gasteiger partial charge in [-0.05, 0) is 64.2 Å². The van der Waals surface area contributed by atoms with Gasteiger partial charge in [0.2, 0.25) is 0 Å². The minimum atomic E-state index is -0.896. The predicted octanol–water partition coefficient (Wildman–Crippen LogP) is 11.2. The zero-order valence-electron chi connectivity index (χ0n) is 26.1. The molecule has 0 aliphatic heterocycles. The number of carbonyl (C=O) groups excluding carboxylic acids is 1. The number of rotatable bonds is 29. The molecule has 0 saturated carbocycles. The maximum absolute atomic E-state index is 12.2. The van der Waals surface area contributed by atoms with Crippen LogP contribution in [0.15, 0.2) is 48.6 Å². The Morgan fingerprint density at radius 2 is 1.00 bits per heavy atom. The number of unbranched alkanes of at least 4 members (excludes halogenated alkanes) is 14. The Hall–Kier alpha value is -2.10. The van der Waals surface area contributed by atoms with Crippen LogP contribution >= 0.6 is 0 Å². The lowest BCUT2D eigenvalue weighted by molar-refractivity contribution is -0.153. The summed E-state index contributed by atoms with van der Waals surface area (Å²) in [4.78, 5) is 23.4. The van der Waals surface area contributed by atoms with E-state index < -0.39 is 12.1 Å². The molecular formula is C36H62O4. The molecule has 1 unspecified atom stereocenters. The van der Waals surface area contributed by atoms with E-state index in [9.17, 15) is 14.7 Å². The van der Waals surface area contributed by atoms with Gasteiger partial charge in [0.1, 0.15) is 6.10 Å². The number of ether oxygens (including phenoxy) is 1. The predicted molar refractivity (Wildman–Crippen MR) is 172 cm³/mol. The van der Waals surface area contributed by atoms with Crippen molar-refractivity contribution in [2.75, 3.05) is 0 Å². The zero-order chi connectivity index (χ0) is 29.4. The Labute approximate surface area is 247 Å². The van der Waals surface area contributed by atoms with Crippen molar-refractivity contribution in [3.8, 4) is 0 Å². The molecule has 0 rings (SSSR count). The van der Waals surface area contributed by atoms with Crippen molar-refractivity contribution in [3.63, 3.8) is 0 Å². The molecule has 1 N–H and O–H groups in total. The van der Waals surface area contributed by atoms with Crippen LogP contribution in [0.4, 0.5) is 0 Å². The number of carbonyl (C=O) groups is 2. The van der Waals surface area contributed by atoms with Gasteiger partial charge in [0.25, 0.3) is 0 Å².